The Morgan fingerprint density at radius 3 is 2.71 bits per heavy atom. The molecule has 0 aromatic heterocycles. The van der Waals surface area contributed by atoms with E-state index < -0.39 is 0 Å². The van der Waals surface area contributed by atoms with Crippen molar-refractivity contribution in [2.24, 2.45) is 0 Å². The Hall–Kier alpha value is -1.87. The largest absolute Gasteiger partial charge is 0.488 e. The molecule has 3 heteroatoms. The monoisotopic (exact) mass is 287 g/mol. The molecule has 1 N–H and O–H groups in total. The van der Waals surface area contributed by atoms with E-state index in [4.69, 9.17) is 4.74 Å². The van der Waals surface area contributed by atoms with Gasteiger partial charge < -0.3 is 10.1 Å². The molecule has 0 unspecified atom stereocenters. The summed E-state index contributed by atoms with van der Waals surface area (Å²) in [6.45, 7) is 6.32. The van der Waals surface area contributed by atoms with Gasteiger partial charge in [-0.3, -0.25) is 0 Å². The average Bonchev–Trinajstić information content (AvgIpc) is 2.47. The molecule has 0 saturated heterocycles. The predicted octanol–water partition coefficient (Wildman–Crippen LogP) is 4.21. The second-order valence-electron chi connectivity index (χ2n) is 5.16. The van der Waals surface area contributed by atoms with Gasteiger partial charge in [-0.05, 0) is 43.1 Å². The third-order valence-electron chi connectivity index (χ3n) is 3.31. The summed E-state index contributed by atoms with van der Waals surface area (Å²) < 4.78 is 19.1. The van der Waals surface area contributed by atoms with Crippen molar-refractivity contribution in [3.05, 3.63) is 65.0 Å². The minimum Gasteiger partial charge on any atom is -0.488 e. The van der Waals surface area contributed by atoms with Gasteiger partial charge in [0.2, 0.25) is 0 Å². The quantitative estimate of drug-likeness (QED) is 0.770. The molecule has 0 bridgehead atoms. The molecule has 0 heterocycles. The molecule has 2 aromatic rings. The fraction of sp³-hybridized carbons (Fsp3) is 0.333. The number of aryl methyl sites for hydroxylation is 1. The summed E-state index contributed by atoms with van der Waals surface area (Å²) in [6, 6.07) is 12.7. The summed E-state index contributed by atoms with van der Waals surface area (Å²) in [4.78, 5) is 0. The molecule has 2 aromatic carbocycles. The highest BCUT2D eigenvalue weighted by atomic mass is 19.1. The van der Waals surface area contributed by atoms with E-state index in [0.29, 0.717) is 6.61 Å². The first kappa shape index (κ1) is 15.5. The van der Waals surface area contributed by atoms with Crippen molar-refractivity contribution in [1.29, 1.82) is 0 Å². The van der Waals surface area contributed by atoms with Crippen molar-refractivity contribution >= 4 is 0 Å². The number of ether oxygens (including phenoxy) is 1. The van der Waals surface area contributed by atoms with Crippen LogP contribution in [0.1, 0.15) is 30.0 Å². The highest BCUT2D eigenvalue weighted by Crippen LogP contribution is 2.24. The number of rotatable bonds is 7. The summed E-state index contributed by atoms with van der Waals surface area (Å²) >= 11 is 0. The first-order valence-corrected chi connectivity index (χ1v) is 7.37. The van der Waals surface area contributed by atoms with Crippen molar-refractivity contribution < 1.29 is 9.13 Å². The Labute approximate surface area is 126 Å². The maximum Gasteiger partial charge on any atom is 0.127 e. The lowest BCUT2D eigenvalue weighted by Gasteiger charge is -2.15. The van der Waals surface area contributed by atoms with Crippen LogP contribution >= 0.6 is 0 Å². The summed E-state index contributed by atoms with van der Waals surface area (Å²) in [5, 5.41) is 3.39. The van der Waals surface area contributed by atoms with E-state index in [1.807, 2.05) is 25.1 Å². The van der Waals surface area contributed by atoms with Crippen molar-refractivity contribution in [2.45, 2.75) is 33.4 Å². The molecular weight excluding hydrogens is 265 g/mol. The van der Waals surface area contributed by atoms with Crippen molar-refractivity contribution in [2.75, 3.05) is 6.54 Å². The van der Waals surface area contributed by atoms with Crippen molar-refractivity contribution in [3.63, 3.8) is 0 Å². The number of hydrogen-bond donors (Lipinski definition) is 1. The van der Waals surface area contributed by atoms with E-state index in [9.17, 15) is 4.39 Å². The van der Waals surface area contributed by atoms with Gasteiger partial charge in [0.25, 0.3) is 0 Å². The summed E-state index contributed by atoms with van der Waals surface area (Å²) in [6.07, 6.45) is 1.10. The zero-order valence-corrected chi connectivity index (χ0v) is 12.7. The van der Waals surface area contributed by atoms with Gasteiger partial charge in [-0.1, -0.05) is 37.3 Å². The van der Waals surface area contributed by atoms with E-state index in [-0.39, 0.29) is 5.82 Å². The number of benzene rings is 2. The van der Waals surface area contributed by atoms with Crippen molar-refractivity contribution in [1.82, 2.24) is 5.32 Å². The Bertz CT molecular complexity index is 583. The van der Waals surface area contributed by atoms with E-state index in [0.717, 1.165) is 42.0 Å². The fourth-order valence-electron chi connectivity index (χ4n) is 2.24. The van der Waals surface area contributed by atoms with Gasteiger partial charge in [0, 0.05) is 12.1 Å². The third kappa shape index (κ3) is 4.57. The van der Waals surface area contributed by atoms with Crippen LogP contribution in [0.4, 0.5) is 4.39 Å². The lowest BCUT2D eigenvalue weighted by molar-refractivity contribution is 0.299. The molecule has 0 atom stereocenters. The van der Waals surface area contributed by atoms with E-state index >= 15 is 0 Å². The lowest BCUT2D eigenvalue weighted by atomic mass is 10.1. The van der Waals surface area contributed by atoms with Gasteiger partial charge in [0.15, 0.2) is 0 Å². The highest BCUT2D eigenvalue weighted by Gasteiger charge is 2.07. The Morgan fingerprint density at radius 2 is 1.95 bits per heavy atom. The maximum absolute atomic E-state index is 13.2. The van der Waals surface area contributed by atoms with Crippen LogP contribution in [0.25, 0.3) is 0 Å². The number of hydrogen-bond acceptors (Lipinski definition) is 2. The number of para-hydroxylation sites is 1. The average molecular weight is 287 g/mol. The topological polar surface area (TPSA) is 21.3 Å². The molecule has 0 aliphatic rings. The summed E-state index contributed by atoms with van der Waals surface area (Å²) in [5.74, 6) is 0.663. The highest BCUT2D eigenvalue weighted by molar-refractivity contribution is 5.41. The van der Waals surface area contributed by atoms with Crippen LogP contribution in [-0.2, 0) is 13.2 Å². The second kappa shape index (κ2) is 7.79. The Balaban J connectivity index is 2.07. The molecule has 0 saturated carbocycles. The minimum absolute atomic E-state index is 0.231. The molecule has 0 radical (unpaired) electrons. The molecule has 0 fully saturated rings. The van der Waals surface area contributed by atoms with Crippen LogP contribution < -0.4 is 10.1 Å². The first-order chi connectivity index (χ1) is 10.2. The Morgan fingerprint density at radius 1 is 1.14 bits per heavy atom. The van der Waals surface area contributed by atoms with Gasteiger partial charge in [-0.15, -0.1) is 0 Å². The third-order valence-corrected chi connectivity index (χ3v) is 3.31. The van der Waals surface area contributed by atoms with E-state index in [1.54, 1.807) is 6.07 Å². The SMILES string of the molecule is CCCNCc1cccc(C)c1OCc1cccc(F)c1. The fourth-order valence-corrected chi connectivity index (χ4v) is 2.24. The minimum atomic E-state index is -0.231. The molecule has 0 aliphatic carbocycles. The Kier molecular flexibility index (Phi) is 5.76. The van der Waals surface area contributed by atoms with Crippen molar-refractivity contribution in [3.8, 4) is 5.75 Å². The number of halogens is 1. The molecule has 0 aliphatic heterocycles. The molecule has 112 valence electrons. The normalized spacial score (nSPS) is 10.6. The van der Waals surface area contributed by atoms with Gasteiger partial charge in [-0.25, -0.2) is 4.39 Å². The predicted molar refractivity (Wildman–Crippen MR) is 83.9 cm³/mol. The zero-order valence-electron chi connectivity index (χ0n) is 12.7. The number of nitrogens with one attached hydrogen (secondary N) is 1. The lowest BCUT2D eigenvalue weighted by Crippen LogP contribution is -2.15. The van der Waals surface area contributed by atoms with Crippen LogP contribution in [0.5, 0.6) is 5.75 Å². The van der Waals surface area contributed by atoms with Gasteiger partial charge in [0.05, 0.1) is 0 Å². The summed E-state index contributed by atoms with van der Waals surface area (Å²) in [5.41, 5.74) is 3.08. The van der Waals surface area contributed by atoms with Gasteiger partial charge >= 0.3 is 0 Å². The molecule has 0 amide bonds. The molecule has 21 heavy (non-hydrogen) atoms. The standard InChI is InChI=1S/C18H22FNO/c1-3-10-20-12-16-8-4-6-14(2)18(16)21-13-15-7-5-9-17(19)11-15/h4-9,11,20H,3,10,12-13H2,1-2H3. The van der Waals surface area contributed by atoms with Gasteiger partial charge in [-0.2, -0.15) is 0 Å². The molecular formula is C18H22FNO. The summed E-state index contributed by atoms with van der Waals surface area (Å²) in [7, 11) is 0. The van der Waals surface area contributed by atoms with Crippen LogP contribution in [0.15, 0.2) is 42.5 Å². The maximum atomic E-state index is 13.2. The first-order valence-electron chi connectivity index (χ1n) is 7.37. The van der Waals surface area contributed by atoms with Crippen LogP contribution in [0.2, 0.25) is 0 Å². The van der Waals surface area contributed by atoms with Gasteiger partial charge in [0.1, 0.15) is 18.2 Å². The molecule has 2 rings (SSSR count). The zero-order chi connectivity index (χ0) is 15.1. The molecule has 2 nitrogen and oxygen atoms in total. The van der Waals surface area contributed by atoms with E-state index in [1.165, 1.54) is 12.1 Å². The smallest absolute Gasteiger partial charge is 0.127 e. The van der Waals surface area contributed by atoms with Crippen LogP contribution in [0.3, 0.4) is 0 Å². The molecule has 0 spiro atoms. The van der Waals surface area contributed by atoms with Crippen LogP contribution in [0, 0.1) is 12.7 Å². The van der Waals surface area contributed by atoms with Crippen LogP contribution in [-0.4, -0.2) is 6.54 Å². The van der Waals surface area contributed by atoms with E-state index in [2.05, 4.69) is 18.3 Å². The second-order valence-corrected chi connectivity index (χ2v) is 5.16.